The van der Waals surface area contributed by atoms with Gasteiger partial charge in [0, 0.05) is 34.7 Å². The molecule has 0 unspecified atom stereocenters. The van der Waals surface area contributed by atoms with Crippen LogP contribution in [0.1, 0.15) is 44.5 Å². The second kappa shape index (κ2) is 6.82. The van der Waals surface area contributed by atoms with Crippen LogP contribution in [0, 0.1) is 41.5 Å². The summed E-state index contributed by atoms with van der Waals surface area (Å²) in [5, 5.41) is 0. The van der Waals surface area contributed by atoms with Gasteiger partial charge in [-0.25, -0.2) is 0 Å². The summed E-state index contributed by atoms with van der Waals surface area (Å²) in [6, 6.07) is 18.0. The van der Waals surface area contributed by atoms with Gasteiger partial charge in [0.05, 0.1) is 0 Å². The molecule has 0 aliphatic carbocycles. The van der Waals surface area contributed by atoms with E-state index in [0.29, 0.717) is 0 Å². The van der Waals surface area contributed by atoms with Crippen molar-refractivity contribution < 1.29 is 0 Å². The van der Waals surface area contributed by atoms with Gasteiger partial charge in [-0.05, 0) is 122 Å². The van der Waals surface area contributed by atoms with Crippen molar-refractivity contribution in [3.63, 3.8) is 0 Å². The number of para-hydroxylation sites is 2. The second-order valence-corrected chi connectivity index (χ2v) is 10.8. The summed E-state index contributed by atoms with van der Waals surface area (Å²) in [7, 11) is 2.30. The molecule has 0 radical (unpaired) electrons. The second-order valence-electron chi connectivity index (χ2n) is 10.8. The van der Waals surface area contributed by atoms with Gasteiger partial charge in [-0.3, -0.25) is 0 Å². The summed E-state index contributed by atoms with van der Waals surface area (Å²) in [6.07, 6.45) is 1.00. The first-order valence-electron chi connectivity index (χ1n) is 12.8. The molecule has 3 aliphatic rings. The lowest BCUT2D eigenvalue weighted by Gasteiger charge is -2.49. The minimum atomic E-state index is 0.211. The number of fused-ring (bicyclic) bond motifs is 6. The molecule has 3 aliphatic heterocycles. The summed E-state index contributed by atoms with van der Waals surface area (Å²) in [5.41, 5.74) is 22.8. The molecule has 7 rings (SSSR count). The lowest BCUT2D eigenvalue weighted by molar-refractivity contribution is 1.04. The Bertz CT molecular complexity index is 1610. The molecule has 0 bridgehead atoms. The minimum absolute atomic E-state index is 0.211. The van der Waals surface area contributed by atoms with Crippen LogP contribution in [-0.4, -0.2) is 13.9 Å². The maximum atomic E-state index is 2.64. The van der Waals surface area contributed by atoms with E-state index in [1.54, 1.807) is 0 Å². The lowest BCUT2D eigenvalue weighted by Crippen LogP contribution is -2.63. The first-order chi connectivity index (χ1) is 16.8. The molecule has 35 heavy (non-hydrogen) atoms. The molecule has 3 heteroatoms. The van der Waals surface area contributed by atoms with Gasteiger partial charge in [0.15, 0.2) is 0 Å². The van der Waals surface area contributed by atoms with E-state index in [-0.39, 0.29) is 6.85 Å². The van der Waals surface area contributed by atoms with E-state index >= 15 is 0 Å². The Balaban J connectivity index is 1.74. The van der Waals surface area contributed by atoms with Gasteiger partial charge in [-0.15, -0.1) is 0 Å². The molecule has 0 atom stereocenters. The van der Waals surface area contributed by atoms with Gasteiger partial charge in [0.1, 0.15) is 0 Å². The van der Waals surface area contributed by atoms with Crippen molar-refractivity contribution in [3.8, 4) is 11.1 Å². The number of benzene rings is 4. The van der Waals surface area contributed by atoms with E-state index in [2.05, 4.69) is 107 Å². The highest BCUT2D eigenvalue weighted by molar-refractivity contribution is 6.93. The molecule has 0 spiro atoms. The highest BCUT2D eigenvalue weighted by Crippen LogP contribution is 2.51. The van der Waals surface area contributed by atoms with Crippen LogP contribution >= 0.6 is 0 Å². The molecular formula is C32H31BN2. The van der Waals surface area contributed by atoms with Gasteiger partial charge >= 0.3 is 6.85 Å². The standard InChI is InChI=1S/C32H31BN2/c1-17-19(3)25-16-23-12-8-10-14-26(23)35-31-22(6)18(2)20(4)28-24-13-9-11-15-27(24)34(7)33(30(28)31)29(21(17)5)32(25)35/h8-15H,16H2,1-7H3. The predicted octanol–water partition coefficient (Wildman–Crippen LogP) is 6.45. The molecule has 0 saturated heterocycles. The zero-order valence-electron chi connectivity index (χ0n) is 21.8. The molecule has 0 fully saturated rings. The van der Waals surface area contributed by atoms with Crippen molar-refractivity contribution in [3.05, 3.63) is 93.0 Å². The molecule has 172 valence electrons. The number of rotatable bonds is 0. The Hall–Kier alpha value is -3.46. The number of hydrogen-bond donors (Lipinski definition) is 0. The summed E-state index contributed by atoms with van der Waals surface area (Å²) < 4.78 is 0. The van der Waals surface area contributed by atoms with Crippen molar-refractivity contribution in [2.75, 3.05) is 16.8 Å². The number of hydrogen-bond acceptors (Lipinski definition) is 2. The SMILES string of the molecule is Cc1c(C)c2c3c(c1C)B1c4c(c(C)c(C)c(C)c4N3c3ccccc3C2)-c2ccccc2N1C. The summed E-state index contributed by atoms with van der Waals surface area (Å²) in [4.78, 5) is 5.19. The molecule has 0 amide bonds. The van der Waals surface area contributed by atoms with Gasteiger partial charge in [-0.1, -0.05) is 36.4 Å². The zero-order valence-corrected chi connectivity index (χ0v) is 21.8. The van der Waals surface area contributed by atoms with E-state index < -0.39 is 0 Å². The predicted molar refractivity (Wildman–Crippen MR) is 151 cm³/mol. The minimum Gasteiger partial charge on any atom is -0.409 e. The fraction of sp³-hybridized carbons (Fsp3) is 0.250. The fourth-order valence-electron chi connectivity index (χ4n) is 7.19. The fourth-order valence-corrected chi connectivity index (χ4v) is 7.19. The summed E-state index contributed by atoms with van der Waals surface area (Å²) >= 11 is 0. The van der Waals surface area contributed by atoms with Gasteiger partial charge in [0.2, 0.25) is 0 Å². The van der Waals surface area contributed by atoms with Crippen LogP contribution < -0.4 is 20.6 Å². The number of nitrogens with zero attached hydrogens (tertiary/aromatic N) is 2. The maximum Gasteiger partial charge on any atom is 0.328 e. The van der Waals surface area contributed by atoms with Crippen LogP contribution in [0.5, 0.6) is 0 Å². The highest BCUT2D eigenvalue weighted by Gasteiger charge is 2.47. The number of anilines is 4. The molecule has 3 heterocycles. The van der Waals surface area contributed by atoms with Crippen molar-refractivity contribution >= 4 is 40.5 Å². The molecule has 0 saturated carbocycles. The van der Waals surface area contributed by atoms with Gasteiger partial charge < -0.3 is 9.71 Å². The monoisotopic (exact) mass is 454 g/mol. The Morgan fingerprint density at radius 3 is 2.06 bits per heavy atom. The third-order valence-electron chi connectivity index (χ3n) is 9.44. The Kier molecular flexibility index (Phi) is 4.07. The Morgan fingerprint density at radius 1 is 0.629 bits per heavy atom. The topological polar surface area (TPSA) is 6.48 Å². The van der Waals surface area contributed by atoms with Crippen LogP contribution in [0.3, 0.4) is 0 Å². The molecule has 4 aromatic carbocycles. The normalized spacial score (nSPS) is 14.4. The third kappa shape index (κ3) is 2.37. The van der Waals surface area contributed by atoms with Crippen LogP contribution in [0.2, 0.25) is 0 Å². The average Bonchev–Trinajstić information content (AvgIpc) is 2.88. The van der Waals surface area contributed by atoms with Crippen LogP contribution in [0.4, 0.5) is 22.7 Å². The maximum absolute atomic E-state index is 2.64. The largest absolute Gasteiger partial charge is 0.409 e. The van der Waals surface area contributed by atoms with Gasteiger partial charge in [0.25, 0.3) is 0 Å². The van der Waals surface area contributed by atoms with Crippen molar-refractivity contribution in [1.29, 1.82) is 0 Å². The van der Waals surface area contributed by atoms with Gasteiger partial charge in [-0.2, -0.15) is 0 Å². The summed E-state index contributed by atoms with van der Waals surface area (Å²) in [6.45, 7) is 14.2. The van der Waals surface area contributed by atoms with E-state index in [4.69, 9.17) is 0 Å². The smallest absolute Gasteiger partial charge is 0.328 e. The zero-order chi connectivity index (χ0) is 24.3. The van der Waals surface area contributed by atoms with Crippen molar-refractivity contribution in [2.45, 2.75) is 48.0 Å². The van der Waals surface area contributed by atoms with Crippen LogP contribution in [-0.2, 0) is 6.42 Å². The van der Waals surface area contributed by atoms with E-state index in [0.717, 1.165) is 6.42 Å². The van der Waals surface area contributed by atoms with Crippen molar-refractivity contribution in [2.24, 2.45) is 0 Å². The third-order valence-corrected chi connectivity index (χ3v) is 9.44. The molecule has 0 N–H and O–H groups in total. The molecule has 0 aromatic heterocycles. The lowest BCUT2D eigenvalue weighted by atomic mass is 9.41. The average molecular weight is 454 g/mol. The first kappa shape index (κ1) is 20.9. The highest BCUT2D eigenvalue weighted by atomic mass is 15.2. The van der Waals surface area contributed by atoms with E-state index in [9.17, 15) is 0 Å². The van der Waals surface area contributed by atoms with Crippen LogP contribution in [0.25, 0.3) is 11.1 Å². The Morgan fingerprint density at radius 2 is 1.29 bits per heavy atom. The van der Waals surface area contributed by atoms with E-state index in [1.165, 1.54) is 89.3 Å². The van der Waals surface area contributed by atoms with Crippen molar-refractivity contribution in [1.82, 2.24) is 0 Å². The Labute approximate surface area is 209 Å². The van der Waals surface area contributed by atoms with Crippen LogP contribution in [0.15, 0.2) is 48.5 Å². The first-order valence-corrected chi connectivity index (χ1v) is 12.8. The molecular weight excluding hydrogens is 423 g/mol. The molecule has 2 nitrogen and oxygen atoms in total. The summed E-state index contributed by atoms with van der Waals surface area (Å²) in [5.74, 6) is 0. The quantitative estimate of drug-likeness (QED) is 0.248. The molecule has 4 aromatic rings. The van der Waals surface area contributed by atoms with E-state index in [1.807, 2.05) is 0 Å².